The van der Waals surface area contributed by atoms with Gasteiger partial charge in [0.2, 0.25) is 0 Å². The Bertz CT molecular complexity index is 915. The summed E-state index contributed by atoms with van der Waals surface area (Å²) >= 11 is 0. The zero-order valence-electron chi connectivity index (χ0n) is 20.8. The van der Waals surface area contributed by atoms with Gasteiger partial charge in [-0.2, -0.15) is 0 Å². The molecule has 8 bridgehead atoms. The Morgan fingerprint density at radius 1 is 0.758 bits per heavy atom. The third-order valence-corrected chi connectivity index (χ3v) is 11.7. The fourth-order valence-electron chi connectivity index (χ4n) is 11.5. The van der Waals surface area contributed by atoms with Gasteiger partial charge in [-0.05, 0) is 149 Å². The number of ether oxygens (including phenoxy) is 2. The molecule has 1 saturated heterocycles. The van der Waals surface area contributed by atoms with Crippen LogP contribution in [0.15, 0.2) is 6.07 Å². The van der Waals surface area contributed by atoms with Gasteiger partial charge in [0.15, 0.2) is 0 Å². The summed E-state index contributed by atoms with van der Waals surface area (Å²) in [5.41, 5.74) is 7.27. The minimum Gasteiger partial charge on any atom is -0.490 e. The maximum Gasteiger partial charge on any atom is 0.126 e. The van der Waals surface area contributed by atoms with E-state index in [-0.39, 0.29) is 0 Å². The molecule has 1 aliphatic heterocycles. The van der Waals surface area contributed by atoms with Gasteiger partial charge < -0.3 is 9.47 Å². The molecule has 2 heteroatoms. The summed E-state index contributed by atoms with van der Waals surface area (Å²) in [6, 6.07) is 2.71. The number of hydrogen-bond acceptors (Lipinski definition) is 2. The molecular formula is C31H42O2. The fraction of sp³-hybridized carbons (Fsp3) is 0.806. The molecule has 9 fully saturated rings. The molecule has 1 heterocycles. The number of aryl methyl sites for hydroxylation is 1. The number of epoxide rings is 1. The largest absolute Gasteiger partial charge is 0.490 e. The van der Waals surface area contributed by atoms with Gasteiger partial charge in [-0.25, -0.2) is 0 Å². The Morgan fingerprint density at radius 3 is 1.67 bits per heavy atom. The van der Waals surface area contributed by atoms with Gasteiger partial charge in [0.05, 0.1) is 6.61 Å². The lowest BCUT2D eigenvalue weighted by Crippen LogP contribution is -2.50. The SMILES string of the molecule is Cc1cc(C23CC4CC(CC(C4)C2)C3)c(C)c(OCC2CO2)c1C12CC3CC(CC(C3)C1)C2. The van der Waals surface area contributed by atoms with Crippen LogP contribution in [0.25, 0.3) is 0 Å². The van der Waals surface area contributed by atoms with Crippen LogP contribution in [0.2, 0.25) is 0 Å². The second kappa shape index (κ2) is 6.80. The van der Waals surface area contributed by atoms with Crippen LogP contribution in [0.1, 0.15) is 99.3 Å². The molecule has 1 unspecified atom stereocenters. The monoisotopic (exact) mass is 446 g/mol. The first-order valence-corrected chi connectivity index (χ1v) is 14.4. The highest BCUT2D eigenvalue weighted by Gasteiger charge is 2.55. The summed E-state index contributed by atoms with van der Waals surface area (Å²) in [6.07, 6.45) is 18.0. The standard InChI is InChI=1S/C31H42O2/c1-18-3-27(30-10-20-4-21(11-30)6-22(5-20)12-30)19(2)29(33-17-26-16-32-26)28(18)31-13-23-7-24(14-31)9-25(8-23)15-31/h3,20-26H,4-17H2,1-2H3. The number of benzene rings is 1. The van der Waals surface area contributed by atoms with Crippen LogP contribution in [-0.2, 0) is 15.6 Å². The normalized spacial score (nSPS) is 48.5. The molecule has 10 rings (SSSR count). The summed E-state index contributed by atoms with van der Waals surface area (Å²) in [5, 5.41) is 0. The zero-order valence-corrected chi connectivity index (χ0v) is 20.8. The topological polar surface area (TPSA) is 21.8 Å². The van der Waals surface area contributed by atoms with Crippen molar-refractivity contribution in [2.24, 2.45) is 35.5 Å². The van der Waals surface area contributed by atoms with Crippen molar-refractivity contribution in [1.29, 1.82) is 0 Å². The van der Waals surface area contributed by atoms with Crippen molar-refractivity contribution >= 4 is 0 Å². The van der Waals surface area contributed by atoms with Gasteiger partial charge in [-0.15, -0.1) is 0 Å². The number of rotatable bonds is 5. The molecule has 178 valence electrons. The summed E-state index contributed by atoms with van der Waals surface area (Å²) in [5.74, 6) is 7.20. The maximum absolute atomic E-state index is 6.84. The van der Waals surface area contributed by atoms with E-state index in [1.807, 2.05) is 0 Å². The molecule has 0 radical (unpaired) electrons. The van der Waals surface area contributed by atoms with E-state index in [1.165, 1.54) is 88.4 Å². The van der Waals surface area contributed by atoms with Gasteiger partial charge in [-0.1, -0.05) is 6.07 Å². The minimum atomic E-state index is 0.331. The van der Waals surface area contributed by atoms with Crippen molar-refractivity contribution in [1.82, 2.24) is 0 Å². The van der Waals surface area contributed by atoms with Crippen LogP contribution < -0.4 is 4.74 Å². The van der Waals surface area contributed by atoms with E-state index in [0.717, 1.165) is 48.7 Å². The van der Waals surface area contributed by atoms with Gasteiger partial charge in [0, 0.05) is 11.0 Å². The van der Waals surface area contributed by atoms with E-state index in [2.05, 4.69) is 19.9 Å². The summed E-state index contributed by atoms with van der Waals surface area (Å²) < 4.78 is 12.4. The molecule has 9 aliphatic rings. The van der Waals surface area contributed by atoms with Crippen LogP contribution >= 0.6 is 0 Å². The van der Waals surface area contributed by atoms with Crippen molar-refractivity contribution in [3.05, 3.63) is 28.3 Å². The molecule has 8 aliphatic carbocycles. The second-order valence-corrected chi connectivity index (χ2v) is 14.2. The van der Waals surface area contributed by atoms with Crippen LogP contribution in [0.5, 0.6) is 5.75 Å². The smallest absolute Gasteiger partial charge is 0.126 e. The average Bonchev–Trinajstić information content (AvgIpc) is 3.56. The van der Waals surface area contributed by atoms with Crippen molar-refractivity contribution in [2.75, 3.05) is 13.2 Å². The molecule has 1 aromatic carbocycles. The molecule has 0 amide bonds. The van der Waals surface area contributed by atoms with Gasteiger partial charge >= 0.3 is 0 Å². The summed E-state index contributed by atoms with van der Waals surface area (Å²) in [6.45, 7) is 6.54. The second-order valence-electron chi connectivity index (χ2n) is 14.2. The van der Waals surface area contributed by atoms with Gasteiger partial charge in [-0.3, -0.25) is 0 Å². The summed E-state index contributed by atoms with van der Waals surface area (Å²) in [7, 11) is 0. The van der Waals surface area contributed by atoms with E-state index < -0.39 is 0 Å². The van der Waals surface area contributed by atoms with Gasteiger partial charge in [0.25, 0.3) is 0 Å². The summed E-state index contributed by atoms with van der Waals surface area (Å²) in [4.78, 5) is 0. The molecule has 33 heavy (non-hydrogen) atoms. The molecule has 2 nitrogen and oxygen atoms in total. The van der Waals surface area contributed by atoms with Crippen LogP contribution in [-0.4, -0.2) is 19.3 Å². The van der Waals surface area contributed by atoms with Crippen molar-refractivity contribution in [3.8, 4) is 5.75 Å². The molecular weight excluding hydrogens is 404 g/mol. The van der Waals surface area contributed by atoms with E-state index in [4.69, 9.17) is 9.47 Å². The first-order chi connectivity index (χ1) is 16.0. The first-order valence-electron chi connectivity index (χ1n) is 14.4. The quantitative estimate of drug-likeness (QED) is 0.453. The van der Waals surface area contributed by atoms with Crippen molar-refractivity contribution in [2.45, 2.75) is 108 Å². The Kier molecular flexibility index (Phi) is 4.16. The zero-order chi connectivity index (χ0) is 21.9. The van der Waals surface area contributed by atoms with Gasteiger partial charge in [0.1, 0.15) is 18.5 Å². The Hall–Kier alpha value is -1.02. The minimum absolute atomic E-state index is 0.331. The highest BCUT2D eigenvalue weighted by atomic mass is 16.6. The van der Waals surface area contributed by atoms with E-state index >= 15 is 0 Å². The van der Waals surface area contributed by atoms with Crippen LogP contribution in [0.4, 0.5) is 0 Å². The molecule has 0 aromatic heterocycles. The first kappa shape index (κ1) is 20.2. The van der Waals surface area contributed by atoms with E-state index in [1.54, 1.807) is 16.7 Å². The highest BCUT2D eigenvalue weighted by Crippen LogP contribution is 2.65. The van der Waals surface area contributed by atoms with E-state index in [0.29, 0.717) is 16.9 Å². The predicted molar refractivity (Wildman–Crippen MR) is 131 cm³/mol. The number of hydrogen-bond donors (Lipinski definition) is 0. The molecule has 1 atom stereocenters. The molecule has 0 N–H and O–H groups in total. The molecule has 8 saturated carbocycles. The van der Waals surface area contributed by atoms with E-state index in [9.17, 15) is 0 Å². The van der Waals surface area contributed by atoms with Crippen LogP contribution in [0, 0.1) is 49.4 Å². The Labute approximate surface area is 200 Å². The van der Waals surface area contributed by atoms with Crippen molar-refractivity contribution < 1.29 is 9.47 Å². The van der Waals surface area contributed by atoms with Crippen molar-refractivity contribution in [3.63, 3.8) is 0 Å². The molecule has 0 spiro atoms. The third kappa shape index (κ3) is 3.01. The highest BCUT2D eigenvalue weighted by molar-refractivity contribution is 5.57. The van der Waals surface area contributed by atoms with Crippen LogP contribution in [0.3, 0.4) is 0 Å². The lowest BCUT2D eigenvalue weighted by molar-refractivity contribution is -0.00854. The average molecular weight is 447 g/mol. The molecule has 1 aromatic rings. The fourth-order valence-corrected chi connectivity index (χ4v) is 11.5. The third-order valence-electron chi connectivity index (χ3n) is 11.7. The lowest BCUT2D eigenvalue weighted by Gasteiger charge is -2.59. The lowest BCUT2D eigenvalue weighted by atomic mass is 9.46. The predicted octanol–water partition coefficient (Wildman–Crippen LogP) is 7.02. The Morgan fingerprint density at radius 2 is 1.21 bits per heavy atom. The Balaban J connectivity index is 1.26. The maximum atomic E-state index is 6.84.